The van der Waals surface area contributed by atoms with Crippen molar-refractivity contribution in [3.8, 4) is 0 Å². The number of methoxy groups -OCH3 is 1. The van der Waals surface area contributed by atoms with E-state index in [0.717, 1.165) is 0 Å². The van der Waals surface area contributed by atoms with Crippen molar-refractivity contribution in [1.29, 1.82) is 0 Å². The van der Waals surface area contributed by atoms with Gasteiger partial charge in [-0.05, 0) is 0 Å². The number of hydrogen-bond acceptors (Lipinski definition) is 4. The highest BCUT2D eigenvalue weighted by molar-refractivity contribution is 7.86. The minimum atomic E-state index is -4.17. The molecule has 10 heavy (non-hydrogen) atoms. The molecule has 4 nitrogen and oxygen atoms in total. The summed E-state index contributed by atoms with van der Waals surface area (Å²) >= 11 is 0. The van der Waals surface area contributed by atoms with Crippen molar-refractivity contribution in [2.75, 3.05) is 13.4 Å². The van der Waals surface area contributed by atoms with Crippen molar-refractivity contribution in [1.82, 2.24) is 0 Å². The maximum Gasteiger partial charge on any atom is 0.499 e. The van der Waals surface area contributed by atoms with Gasteiger partial charge >= 0.3 is 6.29 Å². The second-order valence-corrected chi connectivity index (χ2v) is 3.03. The summed E-state index contributed by atoms with van der Waals surface area (Å²) < 4.78 is 50.3. The Labute approximate surface area is 56.9 Å². The minimum Gasteiger partial charge on any atom is -0.298 e. The Morgan fingerprint density at radius 1 is 1.40 bits per heavy atom. The third kappa shape index (κ3) is 4.59. The molecule has 0 saturated heterocycles. The van der Waals surface area contributed by atoms with Gasteiger partial charge in [0, 0.05) is 7.11 Å². The van der Waals surface area contributed by atoms with Crippen LogP contribution in [0.25, 0.3) is 0 Å². The van der Waals surface area contributed by atoms with Crippen LogP contribution in [0.4, 0.5) is 8.78 Å². The van der Waals surface area contributed by atoms with Gasteiger partial charge in [0.15, 0.2) is 0 Å². The van der Waals surface area contributed by atoms with Gasteiger partial charge in [-0.15, -0.1) is 8.78 Å². The summed E-state index contributed by atoms with van der Waals surface area (Å²) in [5, 5.41) is 0. The normalized spacial score (nSPS) is 13.6. The van der Waals surface area contributed by atoms with Crippen LogP contribution in [-0.2, 0) is 19.0 Å². The average molecular weight is 176 g/mol. The Kier molecular flexibility index (Phi) is 2.69. The molecule has 0 fully saturated rings. The van der Waals surface area contributed by atoms with E-state index in [2.05, 4.69) is 8.92 Å². The molecule has 0 unspecified atom stereocenters. The molecule has 0 radical (unpaired) electrons. The predicted molar refractivity (Wildman–Crippen MR) is 27.9 cm³/mol. The molecule has 0 aliphatic rings. The summed E-state index contributed by atoms with van der Waals surface area (Å²) in [6.45, 7) is 0. The lowest BCUT2D eigenvalue weighted by Gasteiger charge is -2.10. The Morgan fingerprint density at radius 3 is 1.90 bits per heavy atom. The van der Waals surface area contributed by atoms with E-state index in [-0.39, 0.29) is 0 Å². The van der Waals surface area contributed by atoms with Crippen LogP contribution in [0.3, 0.4) is 0 Å². The summed E-state index contributed by atoms with van der Waals surface area (Å²) in [6.07, 6.45) is -3.56. The molecule has 0 rings (SSSR count). The molecule has 62 valence electrons. The number of hydrogen-bond donors (Lipinski definition) is 0. The summed E-state index contributed by atoms with van der Waals surface area (Å²) in [4.78, 5) is 0. The molecule has 0 aliphatic heterocycles. The monoisotopic (exact) mass is 176 g/mol. The number of halogens is 2. The summed E-state index contributed by atoms with van der Waals surface area (Å²) in [5.74, 6) is 0. The smallest absolute Gasteiger partial charge is 0.298 e. The van der Waals surface area contributed by atoms with Crippen LogP contribution in [-0.4, -0.2) is 28.1 Å². The molecular formula is C3H6F2O4S. The molecular weight excluding hydrogens is 170 g/mol. The molecule has 0 bridgehead atoms. The molecule has 0 amide bonds. The van der Waals surface area contributed by atoms with Crippen molar-refractivity contribution in [3.63, 3.8) is 0 Å². The first-order chi connectivity index (χ1) is 4.27. The molecule has 0 saturated carbocycles. The first-order valence-corrected chi connectivity index (χ1v) is 3.92. The zero-order valence-corrected chi connectivity index (χ0v) is 6.11. The summed E-state index contributed by atoms with van der Waals surface area (Å²) in [6, 6.07) is 0. The topological polar surface area (TPSA) is 52.6 Å². The minimum absolute atomic E-state index is 0.500. The van der Waals surface area contributed by atoms with Crippen molar-refractivity contribution in [2.24, 2.45) is 0 Å². The van der Waals surface area contributed by atoms with Crippen LogP contribution in [0.15, 0.2) is 0 Å². The Balaban J connectivity index is 4.16. The first kappa shape index (κ1) is 9.73. The van der Waals surface area contributed by atoms with Gasteiger partial charge in [0.25, 0.3) is 10.1 Å². The SMILES string of the molecule is COC(F)(F)OS(C)(=O)=O. The second kappa shape index (κ2) is 2.77. The van der Waals surface area contributed by atoms with Gasteiger partial charge in [-0.25, -0.2) is 0 Å². The van der Waals surface area contributed by atoms with Crippen molar-refractivity contribution >= 4 is 10.1 Å². The van der Waals surface area contributed by atoms with E-state index in [0.29, 0.717) is 13.4 Å². The van der Waals surface area contributed by atoms with Gasteiger partial charge in [-0.1, -0.05) is 0 Å². The zero-order valence-electron chi connectivity index (χ0n) is 5.30. The molecule has 0 atom stereocenters. The van der Waals surface area contributed by atoms with E-state index in [9.17, 15) is 17.2 Å². The molecule has 0 aliphatic carbocycles. The van der Waals surface area contributed by atoms with E-state index in [1.807, 2.05) is 0 Å². The maximum absolute atomic E-state index is 11.8. The number of ether oxygens (including phenoxy) is 1. The summed E-state index contributed by atoms with van der Waals surface area (Å²) in [7, 11) is -3.54. The van der Waals surface area contributed by atoms with Crippen LogP contribution >= 0.6 is 0 Å². The largest absolute Gasteiger partial charge is 0.499 e. The number of rotatable bonds is 3. The standard InChI is InChI=1S/C3H6F2O4S/c1-8-3(4,5)9-10(2,6)7/h1-2H3. The van der Waals surface area contributed by atoms with E-state index in [1.165, 1.54) is 0 Å². The van der Waals surface area contributed by atoms with Gasteiger partial charge < -0.3 is 0 Å². The fraction of sp³-hybridized carbons (Fsp3) is 1.00. The maximum atomic E-state index is 11.8. The third-order valence-electron chi connectivity index (χ3n) is 0.486. The highest BCUT2D eigenvalue weighted by atomic mass is 32.2. The Hall–Kier alpha value is -0.270. The zero-order chi connectivity index (χ0) is 8.41. The molecule has 0 aromatic rings. The Bertz CT molecular complexity index is 197. The lowest BCUT2D eigenvalue weighted by atomic mass is 11.2. The highest BCUT2D eigenvalue weighted by Gasteiger charge is 2.35. The molecule has 0 aromatic heterocycles. The summed E-state index contributed by atoms with van der Waals surface area (Å²) in [5.41, 5.74) is 0. The quantitative estimate of drug-likeness (QED) is 0.454. The molecule has 0 spiro atoms. The van der Waals surface area contributed by atoms with Crippen molar-refractivity contribution in [3.05, 3.63) is 0 Å². The molecule has 0 heterocycles. The highest BCUT2D eigenvalue weighted by Crippen LogP contribution is 2.17. The fourth-order valence-electron chi connectivity index (χ4n) is 0.210. The van der Waals surface area contributed by atoms with Gasteiger partial charge in [0.1, 0.15) is 0 Å². The Morgan fingerprint density at radius 2 is 1.80 bits per heavy atom. The van der Waals surface area contributed by atoms with Crippen LogP contribution in [0.2, 0.25) is 0 Å². The van der Waals surface area contributed by atoms with E-state index < -0.39 is 16.4 Å². The third-order valence-corrected chi connectivity index (χ3v) is 0.983. The van der Waals surface area contributed by atoms with Gasteiger partial charge in [-0.2, -0.15) is 12.6 Å². The fourth-order valence-corrected chi connectivity index (χ4v) is 0.631. The molecule has 0 aromatic carbocycles. The van der Waals surface area contributed by atoms with E-state index in [4.69, 9.17) is 0 Å². The lowest BCUT2D eigenvalue weighted by molar-refractivity contribution is -0.339. The van der Waals surface area contributed by atoms with Crippen LogP contribution < -0.4 is 0 Å². The first-order valence-electron chi connectivity index (χ1n) is 2.10. The van der Waals surface area contributed by atoms with E-state index >= 15 is 0 Å². The van der Waals surface area contributed by atoms with Crippen molar-refractivity contribution < 1.29 is 26.1 Å². The van der Waals surface area contributed by atoms with E-state index in [1.54, 1.807) is 0 Å². The van der Waals surface area contributed by atoms with Crippen LogP contribution in [0.5, 0.6) is 0 Å². The molecule has 7 heteroatoms. The lowest BCUT2D eigenvalue weighted by Crippen LogP contribution is -2.26. The predicted octanol–water partition coefficient (Wildman–Crippen LogP) is 0.159. The van der Waals surface area contributed by atoms with Gasteiger partial charge in [0.05, 0.1) is 6.26 Å². The average Bonchev–Trinajstić information content (AvgIpc) is 1.60. The van der Waals surface area contributed by atoms with Gasteiger partial charge in [0.2, 0.25) is 0 Å². The second-order valence-electron chi connectivity index (χ2n) is 1.45. The molecule has 0 N–H and O–H groups in total. The number of alkyl halides is 2. The van der Waals surface area contributed by atoms with Crippen molar-refractivity contribution in [2.45, 2.75) is 6.29 Å². The van der Waals surface area contributed by atoms with Crippen LogP contribution in [0.1, 0.15) is 0 Å². The van der Waals surface area contributed by atoms with Gasteiger partial charge in [-0.3, -0.25) is 4.74 Å². The van der Waals surface area contributed by atoms with Crippen LogP contribution in [0, 0.1) is 0 Å².